The monoisotopic (exact) mass is 300 g/mol. The van der Waals surface area contributed by atoms with Gasteiger partial charge in [0.25, 0.3) is 10.0 Å². The van der Waals surface area contributed by atoms with E-state index in [1.54, 1.807) is 13.0 Å². The van der Waals surface area contributed by atoms with Crippen molar-refractivity contribution in [3.8, 4) is 0 Å². The Morgan fingerprint density at radius 1 is 1.32 bits per heavy atom. The lowest BCUT2D eigenvalue weighted by atomic mass is 10.2. The number of hydrogen-bond donors (Lipinski definition) is 1. The number of aryl methyl sites for hydroxylation is 1. The number of aromatic nitrogens is 1. The molecular formula is C12H10ClFN2O2S. The van der Waals surface area contributed by atoms with E-state index in [1.165, 1.54) is 24.4 Å². The van der Waals surface area contributed by atoms with Crippen LogP contribution in [0, 0.1) is 12.7 Å². The Morgan fingerprint density at radius 2 is 2.05 bits per heavy atom. The zero-order valence-electron chi connectivity index (χ0n) is 9.89. The van der Waals surface area contributed by atoms with Crippen molar-refractivity contribution >= 4 is 27.3 Å². The standard InChI is InChI=1S/C12H10ClFN2O2S/c1-8-2-3-11(10(14)6-8)16-19(17,18)12-7-15-5-4-9(12)13/h2-7,16H,1H3. The summed E-state index contributed by atoms with van der Waals surface area (Å²) >= 11 is 5.79. The Hall–Kier alpha value is -1.66. The lowest BCUT2D eigenvalue weighted by Crippen LogP contribution is -2.14. The van der Waals surface area contributed by atoms with Gasteiger partial charge in [-0.1, -0.05) is 17.7 Å². The normalized spacial score (nSPS) is 11.3. The lowest BCUT2D eigenvalue weighted by Gasteiger charge is -2.10. The highest BCUT2D eigenvalue weighted by atomic mass is 35.5. The van der Waals surface area contributed by atoms with Crippen LogP contribution in [0.15, 0.2) is 41.6 Å². The zero-order chi connectivity index (χ0) is 14.0. The molecule has 0 amide bonds. The molecule has 2 rings (SSSR count). The lowest BCUT2D eigenvalue weighted by molar-refractivity contribution is 0.598. The highest BCUT2D eigenvalue weighted by molar-refractivity contribution is 7.92. The predicted octanol–water partition coefficient (Wildman–Crippen LogP) is 2.98. The van der Waals surface area contributed by atoms with Gasteiger partial charge in [-0.2, -0.15) is 0 Å². The largest absolute Gasteiger partial charge is 0.277 e. The molecule has 0 fully saturated rings. The number of pyridine rings is 1. The molecule has 19 heavy (non-hydrogen) atoms. The summed E-state index contributed by atoms with van der Waals surface area (Å²) in [6.07, 6.45) is 2.48. The van der Waals surface area contributed by atoms with Crippen LogP contribution in [0.3, 0.4) is 0 Å². The first-order valence-corrected chi connectivity index (χ1v) is 7.15. The number of hydrogen-bond acceptors (Lipinski definition) is 3. The van der Waals surface area contributed by atoms with Crippen molar-refractivity contribution in [3.05, 3.63) is 53.1 Å². The Morgan fingerprint density at radius 3 is 2.68 bits per heavy atom. The third kappa shape index (κ3) is 3.02. The molecule has 0 aliphatic heterocycles. The molecule has 100 valence electrons. The molecule has 0 atom stereocenters. The Kier molecular flexibility index (Phi) is 3.73. The molecule has 2 aromatic rings. The number of anilines is 1. The SMILES string of the molecule is Cc1ccc(NS(=O)(=O)c2cnccc2Cl)c(F)c1. The van der Waals surface area contributed by atoms with E-state index in [4.69, 9.17) is 11.6 Å². The van der Waals surface area contributed by atoms with Gasteiger partial charge in [0.2, 0.25) is 0 Å². The van der Waals surface area contributed by atoms with Gasteiger partial charge in [0.05, 0.1) is 10.7 Å². The Labute approximate surface area is 115 Å². The molecule has 1 aromatic carbocycles. The first kappa shape index (κ1) is 13.8. The molecule has 4 nitrogen and oxygen atoms in total. The molecule has 0 bridgehead atoms. The van der Waals surface area contributed by atoms with Gasteiger partial charge >= 0.3 is 0 Å². The molecule has 0 aliphatic carbocycles. The van der Waals surface area contributed by atoms with E-state index >= 15 is 0 Å². The van der Waals surface area contributed by atoms with Crippen molar-refractivity contribution < 1.29 is 12.8 Å². The summed E-state index contributed by atoms with van der Waals surface area (Å²) in [5, 5.41) is 0.0232. The van der Waals surface area contributed by atoms with Crippen LogP contribution in [-0.4, -0.2) is 13.4 Å². The van der Waals surface area contributed by atoms with Crippen molar-refractivity contribution in [3.63, 3.8) is 0 Å². The van der Waals surface area contributed by atoms with Crippen LogP contribution in [0.4, 0.5) is 10.1 Å². The first-order chi connectivity index (χ1) is 8.90. The van der Waals surface area contributed by atoms with E-state index in [0.717, 1.165) is 6.20 Å². The van der Waals surface area contributed by atoms with Crippen LogP contribution in [0.1, 0.15) is 5.56 Å². The number of halogens is 2. The number of nitrogens with one attached hydrogen (secondary N) is 1. The van der Waals surface area contributed by atoms with Crippen LogP contribution in [-0.2, 0) is 10.0 Å². The minimum Gasteiger partial charge on any atom is -0.277 e. The fourth-order valence-corrected chi connectivity index (χ4v) is 2.96. The molecule has 0 saturated heterocycles. The van der Waals surface area contributed by atoms with Gasteiger partial charge < -0.3 is 0 Å². The molecule has 1 N–H and O–H groups in total. The number of rotatable bonds is 3. The molecule has 0 spiro atoms. The minimum absolute atomic E-state index is 0.0232. The van der Waals surface area contributed by atoms with Gasteiger partial charge in [0.1, 0.15) is 10.7 Å². The quantitative estimate of drug-likeness (QED) is 0.948. The minimum atomic E-state index is -3.96. The highest BCUT2D eigenvalue weighted by Gasteiger charge is 2.19. The van der Waals surface area contributed by atoms with E-state index in [1.807, 2.05) is 0 Å². The average molecular weight is 301 g/mol. The molecular weight excluding hydrogens is 291 g/mol. The van der Waals surface area contributed by atoms with E-state index in [0.29, 0.717) is 5.56 Å². The summed E-state index contributed by atoms with van der Waals surface area (Å²) in [6, 6.07) is 5.54. The molecule has 1 heterocycles. The first-order valence-electron chi connectivity index (χ1n) is 5.28. The fraction of sp³-hybridized carbons (Fsp3) is 0.0833. The third-order valence-electron chi connectivity index (χ3n) is 2.39. The maximum atomic E-state index is 13.6. The predicted molar refractivity (Wildman–Crippen MR) is 71.2 cm³/mol. The van der Waals surface area contributed by atoms with Crippen LogP contribution in [0.2, 0.25) is 5.02 Å². The van der Waals surface area contributed by atoms with Gasteiger partial charge in [-0.3, -0.25) is 9.71 Å². The molecule has 0 unspecified atom stereocenters. The van der Waals surface area contributed by atoms with Gasteiger partial charge in [0.15, 0.2) is 0 Å². The Bertz CT molecular complexity index is 719. The number of sulfonamides is 1. The fourth-order valence-electron chi connectivity index (χ4n) is 1.46. The topological polar surface area (TPSA) is 59.1 Å². The summed E-state index contributed by atoms with van der Waals surface area (Å²) in [5.41, 5.74) is 0.561. The van der Waals surface area contributed by atoms with Crippen molar-refractivity contribution in [2.45, 2.75) is 11.8 Å². The van der Waals surface area contributed by atoms with Crippen LogP contribution in [0.5, 0.6) is 0 Å². The summed E-state index contributed by atoms with van der Waals surface area (Å²) < 4.78 is 39.9. The van der Waals surface area contributed by atoms with E-state index in [2.05, 4.69) is 9.71 Å². The summed E-state index contributed by atoms with van der Waals surface area (Å²) in [7, 11) is -3.96. The van der Waals surface area contributed by atoms with Crippen molar-refractivity contribution in [2.75, 3.05) is 4.72 Å². The summed E-state index contributed by atoms with van der Waals surface area (Å²) in [5.74, 6) is -0.649. The molecule has 0 saturated carbocycles. The molecule has 1 aromatic heterocycles. The summed E-state index contributed by atoms with van der Waals surface area (Å²) in [6.45, 7) is 1.71. The van der Waals surface area contributed by atoms with Gasteiger partial charge in [-0.05, 0) is 30.7 Å². The van der Waals surface area contributed by atoms with Crippen molar-refractivity contribution in [2.24, 2.45) is 0 Å². The number of benzene rings is 1. The van der Waals surface area contributed by atoms with Crippen molar-refractivity contribution in [1.29, 1.82) is 0 Å². The van der Waals surface area contributed by atoms with Crippen LogP contribution in [0.25, 0.3) is 0 Å². The molecule has 7 heteroatoms. The van der Waals surface area contributed by atoms with Gasteiger partial charge in [-0.15, -0.1) is 0 Å². The van der Waals surface area contributed by atoms with Gasteiger partial charge in [-0.25, -0.2) is 12.8 Å². The maximum Gasteiger partial charge on any atom is 0.265 e. The molecule has 0 radical (unpaired) electrons. The van der Waals surface area contributed by atoms with Crippen LogP contribution < -0.4 is 4.72 Å². The average Bonchev–Trinajstić information content (AvgIpc) is 2.33. The molecule has 0 aliphatic rings. The van der Waals surface area contributed by atoms with Crippen molar-refractivity contribution in [1.82, 2.24) is 4.98 Å². The summed E-state index contributed by atoms with van der Waals surface area (Å²) in [4.78, 5) is 3.50. The van der Waals surface area contributed by atoms with Gasteiger partial charge in [0, 0.05) is 12.4 Å². The van der Waals surface area contributed by atoms with E-state index < -0.39 is 15.8 Å². The zero-order valence-corrected chi connectivity index (χ0v) is 11.5. The third-order valence-corrected chi connectivity index (χ3v) is 4.23. The van der Waals surface area contributed by atoms with E-state index in [-0.39, 0.29) is 15.6 Å². The second-order valence-electron chi connectivity index (χ2n) is 3.89. The second kappa shape index (κ2) is 5.14. The smallest absolute Gasteiger partial charge is 0.265 e. The highest BCUT2D eigenvalue weighted by Crippen LogP contribution is 2.24. The second-order valence-corrected chi connectivity index (χ2v) is 5.95. The maximum absolute atomic E-state index is 13.6. The Balaban J connectivity index is 2.40. The van der Waals surface area contributed by atoms with E-state index in [9.17, 15) is 12.8 Å². The van der Waals surface area contributed by atoms with Crippen LogP contribution >= 0.6 is 11.6 Å². The number of nitrogens with zero attached hydrogens (tertiary/aromatic N) is 1.